The van der Waals surface area contributed by atoms with Gasteiger partial charge in [-0.15, -0.1) is 0 Å². The molecule has 0 unspecified atom stereocenters. The van der Waals surface area contributed by atoms with Crippen molar-refractivity contribution in [2.24, 2.45) is 0 Å². The first kappa shape index (κ1) is 34.1. The minimum atomic E-state index is -0.0908. The smallest absolute Gasteiger partial charge is 0.0465 e. The minimum absolute atomic E-state index is 0.0908. The molecule has 2 aliphatic carbocycles. The largest absolute Gasteiger partial charge is 0.310 e. The van der Waals surface area contributed by atoms with Crippen molar-refractivity contribution in [1.29, 1.82) is 0 Å². The molecular weight excluding hydrogens is 675 g/mol. The second-order valence-electron chi connectivity index (χ2n) is 16.1. The summed E-state index contributed by atoms with van der Waals surface area (Å²) in [6.07, 6.45) is 2.51. The highest BCUT2D eigenvalue weighted by molar-refractivity contribution is 5.87. The Labute approximate surface area is 331 Å². The van der Waals surface area contributed by atoms with Gasteiger partial charge in [0.1, 0.15) is 0 Å². The summed E-state index contributed by atoms with van der Waals surface area (Å²) in [5, 5.41) is 0. The third-order valence-electron chi connectivity index (χ3n) is 12.2. The molecule has 0 aliphatic heterocycles. The van der Waals surface area contributed by atoms with E-state index in [9.17, 15) is 0 Å². The van der Waals surface area contributed by atoms with Crippen molar-refractivity contribution in [3.63, 3.8) is 0 Å². The van der Waals surface area contributed by atoms with Crippen LogP contribution in [0.4, 0.5) is 17.1 Å². The summed E-state index contributed by atoms with van der Waals surface area (Å²) in [7, 11) is 0. The average Bonchev–Trinajstić information content (AvgIpc) is 4.07. The molecule has 8 aromatic rings. The van der Waals surface area contributed by atoms with Crippen LogP contribution >= 0.6 is 0 Å². The number of anilines is 3. The molecular formula is C55H45N. The van der Waals surface area contributed by atoms with Crippen LogP contribution in [0.2, 0.25) is 0 Å². The Morgan fingerprint density at radius 2 is 0.911 bits per heavy atom. The standard InChI is InChI=1S/C55H45N/c1-37-13-7-8-18-47(37)51-21-12-20-48(54(51)41-23-24-41)40-27-31-45(32-28-40)56(46-33-34-50-49-19-9-10-22-52(49)55(2,3)53(50)36-46)44-29-25-39(26-30-44)43-17-11-16-42(35-43)38-14-5-4-6-15-38/h4-22,25-36,41H,23-24H2,1-3H3. The zero-order valence-electron chi connectivity index (χ0n) is 32.3. The third kappa shape index (κ3) is 5.96. The van der Waals surface area contributed by atoms with E-state index in [-0.39, 0.29) is 5.41 Å². The monoisotopic (exact) mass is 719 g/mol. The van der Waals surface area contributed by atoms with Gasteiger partial charge in [-0.2, -0.15) is 0 Å². The molecule has 2 aliphatic rings. The normalized spacial score (nSPS) is 13.9. The van der Waals surface area contributed by atoms with Crippen LogP contribution < -0.4 is 4.90 Å². The summed E-state index contributed by atoms with van der Waals surface area (Å²) in [5.41, 5.74) is 21.8. The molecule has 1 fully saturated rings. The van der Waals surface area contributed by atoms with Crippen molar-refractivity contribution in [3.8, 4) is 55.6 Å². The van der Waals surface area contributed by atoms with Gasteiger partial charge in [-0.3, -0.25) is 0 Å². The van der Waals surface area contributed by atoms with Crippen molar-refractivity contribution in [3.05, 3.63) is 210 Å². The Bertz CT molecular complexity index is 2710. The number of hydrogen-bond donors (Lipinski definition) is 0. The van der Waals surface area contributed by atoms with Gasteiger partial charge in [-0.1, -0.05) is 159 Å². The van der Waals surface area contributed by atoms with Crippen molar-refractivity contribution < 1.29 is 0 Å². The van der Waals surface area contributed by atoms with Crippen molar-refractivity contribution in [1.82, 2.24) is 0 Å². The van der Waals surface area contributed by atoms with Gasteiger partial charge in [0.05, 0.1) is 0 Å². The van der Waals surface area contributed by atoms with E-state index >= 15 is 0 Å². The van der Waals surface area contributed by atoms with Crippen LogP contribution in [0.5, 0.6) is 0 Å². The lowest BCUT2D eigenvalue weighted by atomic mass is 9.82. The zero-order valence-corrected chi connectivity index (χ0v) is 32.3. The molecule has 10 rings (SSSR count). The van der Waals surface area contributed by atoms with E-state index in [0.29, 0.717) is 5.92 Å². The molecule has 0 amide bonds. The van der Waals surface area contributed by atoms with Gasteiger partial charge in [0.2, 0.25) is 0 Å². The summed E-state index contributed by atoms with van der Waals surface area (Å²) >= 11 is 0. The minimum Gasteiger partial charge on any atom is -0.310 e. The molecule has 1 nitrogen and oxygen atoms in total. The van der Waals surface area contributed by atoms with Gasteiger partial charge >= 0.3 is 0 Å². The molecule has 0 heterocycles. The average molecular weight is 720 g/mol. The molecule has 8 aromatic carbocycles. The molecule has 0 N–H and O–H groups in total. The third-order valence-corrected chi connectivity index (χ3v) is 12.2. The second-order valence-corrected chi connectivity index (χ2v) is 16.1. The predicted octanol–water partition coefficient (Wildman–Crippen LogP) is 15.3. The Balaban J connectivity index is 1.06. The summed E-state index contributed by atoms with van der Waals surface area (Å²) < 4.78 is 0. The van der Waals surface area contributed by atoms with Crippen molar-refractivity contribution in [2.75, 3.05) is 4.90 Å². The maximum absolute atomic E-state index is 2.43. The molecule has 56 heavy (non-hydrogen) atoms. The molecule has 0 bridgehead atoms. The van der Waals surface area contributed by atoms with Gasteiger partial charge in [-0.05, 0) is 146 Å². The summed E-state index contributed by atoms with van der Waals surface area (Å²) in [6, 6.07) is 69.6. The lowest BCUT2D eigenvalue weighted by Crippen LogP contribution is -2.16. The second kappa shape index (κ2) is 13.7. The van der Waals surface area contributed by atoms with E-state index in [1.54, 1.807) is 0 Å². The molecule has 270 valence electrons. The van der Waals surface area contributed by atoms with Gasteiger partial charge in [0, 0.05) is 22.5 Å². The Hall–Kier alpha value is -6.44. The van der Waals surface area contributed by atoms with E-state index in [0.717, 1.165) is 17.1 Å². The highest BCUT2D eigenvalue weighted by Crippen LogP contribution is 2.52. The van der Waals surface area contributed by atoms with E-state index in [2.05, 4.69) is 214 Å². The van der Waals surface area contributed by atoms with Crippen LogP contribution in [-0.2, 0) is 5.41 Å². The van der Waals surface area contributed by atoms with E-state index in [4.69, 9.17) is 0 Å². The van der Waals surface area contributed by atoms with Crippen LogP contribution in [0, 0.1) is 6.92 Å². The first-order chi connectivity index (χ1) is 27.4. The van der Waals surface area contributed by atoms with Crippen molar-refractivity contribution in [2.45, 2.75) is 44.9 Å². The maximum atomic E-state index is 2.43. The van der Waals surface area contributed by atoms with Crippen LogP contribution in [-0.4, -0.2) is 0 Å². The number of rotatable bonds is 8. The number of nitrogens with zero attached hydrogens (tertiary/aromatic N) is 1. The molecule has 0 atom stereocenters. The highest BCUT2D eigenvalue weighted by atomic mass is 15.1. The van der Waals surface area contributed by atoms with E-state index in [1.807, 2.05) is 0 Å². The lowest BCUT2D eigenvalue weighted by molar-refractivity contribution is 0.660. The highest BCUT2D eigenvalue weighted by Gasteiger charge is 2.36. The summed E-state index contributed by atoms with van der Waals surface area (Å²) in [5.74, 6) is 0.614. The van der Waals surface area contributed by atoms with Gasteiger partial charge in [-0.25, -0.2) is 0 Å². The summed E-state index contributed by atoms with van der Waals surface area (Å²) in [4.78, 5) is 2.43. The van der Waals surface area contributed by atoms with Crippen LogP contribution in [0.15, 0.2) is 188 Å². The topological polar surface area (TPSA) is 3.24 Å². The Morgan fingerprint density at radius 3 is 1.61 bits per heavy atom. The number of aryl methyl sites for hydroxylation is 1. The fourth-order valence-electron chi connectivity index (χ4n) is 9.12. The summed E-state index contributed by atoms with van der Waals surface area (Å²) in [6.45, 7) is 6.96. The van der Waals surface area contributed by atoms with Gasteiger partial charge in [0.25, 0.3) is 0 Å². The molecule has 1 saturated carbocycles. The zero-order chi connectivity index (χ0) is 37.8. The maximum Gasteiger partial charge on any atom is 0.0465 e. The van der Waals surface area contributed by atoms with Crippen LogP contribution in [0.1, 0.15) is 54.9 Å². The fraction of sp³-hybridized carbons (Fsp3) is 0.127. The first-order valence-corrected chi connectivity index (χ1v) is 20.0. The SMILES string of the molecule is Cc1ccccc1-c1cccc(-c2ccc(N(c3ccc(-c4cccc(-c5ccccc5)c4)cc3)c3ccc4c(c3)C(C)(C)c3ccccc3-4)cc2)c1C1CC1. The van der Waals surface area contributed by atoms with Crippen LogP contribution in [0.25, 0.3) is 55.6 Å². The van der Waals surface area contributed by atoms with Gasteiger partial charge in [0.15, 0.2) is 0 Å². The number of fused-ring (bicyclic) bond motifs is 3. The molecule has 0 spiro atoms. The van der Waals surface area contributed by atoms with Crippen molar-refractivity contribution >= 4 is 17.1 Å². The quantitative estimate of drug-likeness (QED) is 0.151. The number of benzene rings is 8. The first-order valence-electron chi connectivity index (χ1n) is 20.0. The fourth-order valence-corrected chi connectivity index (χ4v) is 9.12. The predicted molar refractivity (Wildman–Crippen MR) is 237 cm³/mol. The number of hydrogen-bond acceptors (Lipinski definition) is 1. The van der Waals surface area contributed by atoms with E-state index < -0.39 is 0 Å². The Kier molecular flexibility index (Phi) is 8.33. The van der Waals surface area contributed by atoms with E-state index in [1.165, 1.54) is 90.7 Å². The molecule has 1 heteroatoms. The molecule has 0 aromatic heterocycles. The lowest BCUT2D eigenvalue weighted by Gasteiger charge is -2.28. The van der Waals surface area contributed by atoms with Gasteiger partial charge < -0.3 is 4.90 Å². The molecule has 0 saturated heterocycles. The van der Waals surface area contributed by atoms with Crippen LogP contribution in [0.3, 0.4) is 0 Å². The molecule has 0 radical (unpaired) electrons. The Morgan fingerprint density at radius 1 is 0.393 bits per heavy atom.